The lowest BCUT2D eigenvalue weighted by Crippen LogP contribution is -2.04. The van der Waals surface area contributed by atoms with Crippen LogP contribution in [0.15, 0.2) is 91.3 Å². The summed E-state index contributed by atoms with van der Waals surface area (Å²) in [5.74, 6) is 1.88. The SMILES string of the molecule is FC(F)(F)c1cccc(-c2cc(Nc3ccc(Oc4ccccc4)cc3)ncn2)c1. The van der Waals surface area contributed by atoms with Crippen LogP contribution in [0.5, 0.6) is 11.5 Å². The van der Waals surface area contributed by atoms with E-state index >= 15 is 0 Å². The monoisotopic (exact) mass is 407 g/mol. The van der Waals surface area contributed by atoms with Crippen molar-refractivity contribution in [3.05, 3.63) is 96.8 Å². The van der Waals surface area contributed by atoms with Crippen LogP contribution in [0.4, 0.5) is 24.7 Å². The normalized spacial score (nSPS) is 11.2. The smallest absolute Gasteiger partial charge is 0.416 e. The van der Waals surface area contributed by atoms with Crippen LogP contribution in [0.1, 0.15) is 5.56 Å². The first-order chi connectivity index (χ1) is 14.5. The average molecular weight is 407 g/mol. The van der Waals surface area contributed by atoms with Gasteiger partial charge in [-0.15, -0.1) is 0 Å². The summed E-state index contributed by atoms with van der Waals surface area (Å²) in [6, 6.07) is 23.3. The molecule has 0 bridgehead atoms. The molecule has 0 unspecified atom stereocenters. The maximum Gasteiger partial charge on any atom is 0.416 e. The Morgan fingerprint density at radius 2 is 1.47 bits per heavy atom. The maximum atomic E-state index is 13.0. The molecule has 4 aromatic rings. The summed E-state index contributed by atoms with van der Waals surface area (Å²) in [4.78, 5) is 8.24. The number of para-hydroxylation sites is 1. The van der Waals surface area contributed by atoms with E-state index in [2.05, 4.69) is 15.3 Å². The van der Waals surface area contributed by atoms with E-state index in [4.69, 9.17) is 4.74 Å². The molecule has 0 radical (unpaired) electrons. The first-order valence-electron chi connectivity index (χ1n) is 9.07. The zero-order valence-corrected chi connectivity index (χ0v) is 15.6. The fourth-order valence-corrected chi connectivity index (χ4v) is 2.82. The van der Waals surface area contributed by atoms with Gasteiger partial charge in [0.05, 0.1) is 11.3 Å². The van der Waals surface area contributed by atoms with Crippen molar-refractivity contribution in [1.29, 1.82) is 0 Å². The van der Waals surface area contributed by atoms with E-state index < -0.39 is 11.7 Å². The fourth-order valence-electron chi connectivity index (χ4n) is 2.82. The van der Waals surface area contributed by atoms with Gasteiger partial charge in [-0.25, -0.2) is 9.97 Å². The van der Waals surface area contributed by atoms with Gasteiger partial charge in [0.1, 0.15) is 23.6 Å². The molecule has 0 aliphatic carbocycles. The van der Waals surface area contributed by atoms with E-state index in [0.29, 0.717) is 22.8 Å². The summed E-state index contributed by atoms with van der Waals surface area (Å²) < 4.78 is 44.6. The van der Waals surface area contributed by atoms with Gasteiger partial charge in [-0.2, -0.15) is 13.2 Å². The highest BCUT2D eigenvalue weighted by molar-refractivity contribution is 5.66. The van der Waals surface area contributed by atoms with Gasteiger partial charge in [-0.1, -0.05) is 30.3 Å². The summed E-state index contributed by atoms with van der Waals surface area (Å²) in [7, 11) is 0. The maximum absolute atomic E-state index is 13.0. The number of benzene rings is 3. The standard InChI is InChI=1S/C23H16F3N3O/c24-23(25,26)17-6-4-5-16(13-17)21-14-22(28-15-27-21)29-18-9-11-20(12-10-18)30-19-7-2-1-3-8-19/h1-15H,(H,27,28,29). The molecule has 4 nitrogen and oxygen atoms in total. The molecule has 0 atom stereocenters. The molecule has 30 heavy (non-hydrogen) atoms. The molecule has 1 N–H and O–H groups in total. The van der Waals surface area contributed by atoms with Crippen molar-refractivity contribution in [2.75, 3.05) is 5.32 Å². The summed E-state index contributed by atoms with van der Waals surface area (Å²) >= 11 is 0. The van der Waals surface area contributed by atoms with Crippen molar-refractivity contribution in [3.63, 3.8) is 0 Å². The average Bonchev–Trinajstić information content (AvgIpc) is 2.76. The van der Waals surface area contributed by atoms with Crippen LogP contribution in [-0.2, 0) is 6.18 Å². The molecule has 150 valence electrons. The van der Waals surface area contributed by atoms with Crippen molar-refractivity contribution in [2.45, 2.75) is 6.18 Å². The molecule has 0 saturated carbocycles. The molecule has 0 spiro atoms. The lowest BCUT2D eigenvalue weighted by Gasteiger charge is -2.10. The van der Waals surface area contributed by atoms with E-state index in [-0.39, 0.29) is 0 Å². The number of nitrogens with zero attached hydrogens (tertiary/aromatic N) is 2. The van der Waals surface area contributed by atoms with Gasteiger partial charge >= 0.3 is 6.18 Å². The molecule has 3 aromatic carbocycles. The Morgan fingerprint density at radius 1 is 0.733 bits per heavy atom. The Bertz CT molecular complexity index is 1130. The lowest BCUT2D eigenvalue weighted by atomic mass is 10.1. The third kappa shape index (κ3) is 4.75. The molecular weight excluding hydrogens is 391 g/mol. The number of anilines is 2. The quantitative estimate of drug-likeness (QED) is 0.400. The van der Waals surface area contributed by atoms with Crippen LogP contribution in [0.2, 0.25) is 0 Å². The highest BCUT2D eigenvalue weighted by atomic mass is 19.4. The Kier molecular flexibility index (Phi) is 5.34. The summed E-state index contributed by atoms with van der Waals surface area (Å²) in [5.41, 5.74) is 0.788. The van der Waals surface area contributed by atoms with Crippen LogP contribution in [0.25, 0.3) is 11.3 Å². The Morgan fingerprint density at radius 3 is 2.20 bits per heavy atom. The van der Waals surface area contributed by atoms with Gasteiger partial charge in [0.2, 0.25) is 0 Å². The molecule has 0 fully saturated rings. The Labute approximate surface area is 171 Å². The molecule has 0 saturated heterocycles. The van der Waals surface area contributed by atoms with Gasteiger partial charge in [-0.3, -0.25) is 0 Å². The third-order valence-corrected chi connectivity index (χ3v) is 4.26. The minimum atomic E-state index is -4.41. The fraction of sp³-hybridized carbons (Fsp3) is 0.0435. The number of hydrogen-bond acceptors (Lipinski definition) is 4. The zero-order valence-electron chi connectivity index (χ0n) is 15.6. The zero-order chi connectivity index (χ0) is 21.0. The molecule has 1 heterocycles. The molecule has 0 amide bonds. The van der Waals surface area contributed by atoms with E-state index in [1.165, 1.54) is 12.4 Å². The number of ether oxygens (including phenoxy) is 1. The van der Waals surface area contributed by atoms with Crippen molar-refractivity contribution in [3.8, 4) is 22.8 Å². The molecule has 7 heteroatoms. The lowest BCUT2D eigenvalue weighted by molar-refractivity contribution is -0.137. The summed E-state index contributed by atoms with van der Waals surface area (Å²) in [6.45, 7) is 0. The second kappa shape index (κ2) is 8.24. The van der Waals surface area contributed by atoms with E-state index in [1.54, 1.807) is 12.1 Å². The number of nitrogens with one attached hydrogen (secondary N) is 1. The molecule has 0 aliphatic rings. The minimum Gasteiger partial charge on any atom is -0.457 e. The highest BCUT2D eigenvalue weighted by Crippen LogP contribution is 2.32. The van der Waals surface area contributed by atoms with Crippen LogP contribution in [0, 0.1) is 0 Å². The number of halogens is 3. The molecule has 1 aromatic heterocycles. The second-order valence-electron chi connectivity index (χ2n) is 6.43. The molecule has 4 rings (SSSR count). The van der Waals surface area contributed by atoms with Gasteiger partial charge in [-0.05, 0) is 48.5 Å². The largest absolute Gasteiger partial charge is 0.457 e. The number of aromatic nitrogens is 2. The topological polar surface area (TPSA) is 47.0 Å². The van der Waals surface area contributed by atoms with Crippen LogP contribution < -0.4 is 10.1 Å². The molecule has 0 aliphatic heterocycles. The van der Waals surface area contributed by atoms with Crippen LogP contribution >= 0.6 is 0 Å². The van der Waals surface area contributed by atoms with Crippen LogP contribution in [-0.4, -0.2) is 9.97 Å². The number of hydrogen-bond donors (Lipinski definition) is 1. The van der Waals surface area contributed by atoms with Crippen molar-refractivity contribution >= 4 is 11.5 Å². The minimum absolute atomic E-state index is 0.363. The molecular formula is C23H16F3N3O. The first-order valence-corrected chi connectivity index (χ1v) is 9.07. The predicted molar refractivity (Wildman–Crippen MR) is 109 cm³/mol. The van der Waals surface area contributed by atoms with Gasteiger partial charge < -0.3 is 10.1 Å². The summed E-state index contributed by atoms with van der Waals surface area (Å²) in [6.07, 6.45) is -3.10. The Hall–Kier alpha value is -3.87. The van der Waals surface area contributed by atoms with Crippen molar-refractivity contribution in [1.82, 2.24) is 9.97 Å². The Balaban J connectivity index is 1.50. The van der Waals surface area contributed by atoms with E-state index in [9.17, 15) is 13.2 Å². The third-order valence-electron chi connectivity index (χ3n) is 4.26. The number of alkyl halides is 3. The van der Waals surface area contributed by atoms with E-state index in [0.717, 1.165) is 23.6 Å². The van der Waals surface area contributed by atoms with Crippen LogP contribution in [0.3, 0.4) is 0 Å². The highest BCUT2D eigenvalue weighted by Gasteiger charge is 2.30. The number of rotatable bonds is 5. The summed E-state index contributed by atoms with van der Waals surface area (Å²) in [5, 5.41) is 3.12. The van der Waals surface area contributed by atoms with E-state index in [1.807, 2.05) is 54.6 Å². The second-order valence-corrected chi connectivity index (χ2v) is 6.43. The van der Waals surface area contributed by atoms with Gasteiger partial charge in [0, 0.05) is 17.3 Å². The van der Waals surface area contributed by atoms with Gasteiger partial charge in [0.25, 0.3) is 0 Å². The predicted octanol–water partition coefficient (Wildman–Crippen LogP) is 6.70. The van der Waals surface area contributed by atoms with Gasteiger partial charge in [0.15, 0.2) is 0 Å². The van der Waals surface area contributed by atoms with Crippen molar-refractivity contribution in [2.24, 2.45) is 0 Å². The van der Waals surface area contributed by atoms with Crippen molar-refractivity contribution < 1.29 is 17.9 Å². The first kappa shape index (κ1) is 19.4.